The van der Waals surface area contributed by atoms with Gasteiger partial charge in [-0.3, -0.25) is 10.4 Å². The molecule has 1 aliphatic heterocycles. The Hall–Kier alpha value is -1.76. The Morgan fingerprint density at radius 3 is 2.61 bits per heavy atom. The van der Waals surface area contributed by atoms with Crippen LogP contribution in [-0.2, 0) is 4.74 Å². The number of rotatable bonds is 3. The lowest BCUT2D eigenvalue weighted by Crippen LogP contribution is -2.28. The van der Waals surface area contributed by atoms with Gasteiger partial charge in [0.2, 0.25) is 0 Å². The Morgan fingerprint density at radius 1 is 1.39 bits per heavy atom. The number of hydrogen-bond donors (Lipinski definition) is 2. The molecule has 6 nitrogen and oxygen atoms in total. The van der Waals surface area contributed by atoms with Gasteiger partial charge in [-0.1, -0.05) is 11.8 Å². The first-order chi connectivity index (χ1) is 10.7. The van der Waals surface area contributed by atoms with Crippen LogP contribution in [0.25, 0.3) is 0 Å². The van der Waals surface area contributed by atoms with Crippen molar-refractivity contribution in [2.45, 2.75) is 47.1 Å². The van der Waals surface area contributed by atoms with E-state index >= 15 is 0 Å². The number of thioether (sulfide) groups is 1. The summed E-state index contributed by atoms with van der Waals surface area (Å²) in [5.74, 6) is 0.405. The normalized spacial score (nSPS) is 17.0. The highest BCUT2D eigenvalue weighted by Crippen LogP contribution is 2.23. The van der Waals surface area contributed by atoms with Gasteiger partial charge in [0.25, 0.3) is 0 Å². The number of H-pyrrole nitrogens is 1. The number of hydrazone groups is 1. The second-order valence-electron chi connectivity index (χ2n) is 6.39. The van der Waals surface area contributed by atoms with Crippen molar-refractivity contribution in [3.8, 4) is 0 Å². The number of aliphatic imine (C=N–C) groups is 1. The maximum atomic E-state index is 12.1. The monoisotopic (exact) mass is 336 g/mol. The SMILES string of the molecule is CCOC(=O)c1c(C)[nH]c(C2=NNC(=NC(C)(C)C)SC2)c1C. The highest BCUT2D eigenvalue weighted by Gasteiger charge is 2.24. The Balaban J connectivity index is 2.26. The second-order valence-corrected chi connectivity index (χ2v) is 7.36. The van der Waals surface area contributed by atoms with Crippen LogP contribution in [0.2, 0.25) is 0 Å². The van der Waals surface area contributed by atoms with Crippen molar-refractivity contribution in [1.29, 1.82) is 0 Å². The van der Waals surface area contributed by atoms with Crippen molar-refractivity contribution in [3.05, 3.63) is 22.5 Å². The van der Waals surface area contributed by atoms with Gasteiger partial charge in [-0.2, -0.15) is 5.10 Å². The molecule has 7 heteroatoms. The largest absolute Gasteiger partial charge is 0.462 e. The lowest BCUT2D eigenvalue weighted by molar-refractivity contribution is 0.0525. The first kappa shape index (κ1) is 17.6. The predicted molar refractivity (Wildman–Crippen MR) is 95.5 cm³/mol. The summed E-state index contributed by atoms with van der Waals surface area (Å²) in [7, 11) is 0. The van der Waals surface area contributed by atoms with Gasteiger partial charge in [-0.15, -0.1) is 0 Å². The molecule has 2 rings (SSSR count). The Kier molecular flexibility index (Phi) is 5.19. The molecule has 1 aliphatic rings. The number of aryl methyl sites for hydroxylation is 1. The Morgan fingerprint density at radius 2 is 2.09 bits per heavy atom. The van der Waals surface area contributed by atoms with E-state index in [4.69, 9.17) is 4.74 Å². The highest BCUT2D eigenvalue weighted by molar-refractivity contribution is 8.14. The van der Waals surface area contributed by atoms with Gasteiger partial charge in [0, 0.05) is 11.4 Å². The third kappa shape index (κ3) is 4.16. The number of carbonyl (C=O) groups is 1. The topological polar surface area (TPSA) is 78.8 Å². The number of carbonyl (C=O) groups excluding carboxylic acids is 1. The maximum Gasteiger partial charge on any atom is 0.340 e. The third-order valence-corrected chi connectivity index (χ3v) is 4.15. The van der Waals surface area contributed by atoms with Crippen LogP contribution in [0.5, 0.6) is 0 Å². The molecule has 0 atom stereocenters. The summed E-state index contributed by atoms with van der Waals surface area (Å²) in [5.41, 5.74) is 6.89. The van der Waals surface area contributed by atoms with Crippen molar-refractivity contribution in [3.63, 3.8) is 0 Å². The molecule has 2 heterocycles. The molecule has 126 valence electrons. The van der Waals surface area contributed by atoms with Crippen LogP contribution in [0.15, 0.2) is 10.1 Å². The second kappa shape index (κ2) is 6.78. The van der Waals surface area contributed by atoms with E-state index in [0.29, 0.717) is 17.9 Å². The van der Waals surface area contributed by atoms with Crippen LogP contribution in [0, 0.1) is 13.8 Å². The Bertz CT molecular complexity index is 668. The summed E-state index contributed by atoms with van der Waals surface area (Å²) < 4.78 is 5.12. The smallest absolute Gasteiger partial charge is 0.340 e. The maximum absolute atomic E-state index is 12.1. The molecule has 0 fully saturated rings. The van der Waals surface area contributed by atoms with E-state index < -0.39 is 0 Å². The van der Waals surface area contributed by atoms with Crippen molar-refractivity contribution in [2.75, 3.05) is 12.4 Å². The van der Waals surface area contributed by atoms with Gasteiger partial charge in [0.05, 0.1) is 29.1 Å². The summed E-state index contributed by atoms with van der Waals surface area (Å²) >= 11 is 1.61. The van der Waals surface area contributed by atoms with E-state index in [9.17, 15) is 4.79 Å². The van der Waals surface area contributed by atoms with Crippen molar-refractivity contribution >= 4 is 28.6 Å². The molecular weight excluding hydrogens is 312 g/mol. The average Bonchev–Trinajstić information content (AvgIpc) is 2.73. The molecule has 0 spiro atoms. The summed E-state index contributed by atoms with van der Waals surface area (Å²) in [6.45, 7) is 12.1. The predicted octanol–water partition coefficient (Wildman–Crippen LogP) is 3.00. The fourth-order valence-corrected chi connectivity index (χ4v) is 3.29. The standard InChI is InChI=1S/C16H24N4O2S/c1-7-22-14(21)12-9(2)13(17-10(12)3)11-8-23-15(20-19-11)18-16(4,5)6/h17H,7-8H2,1-6H3,(H,18,20). The third-order valence-electron chi connectivity index (χ3n) is 3.27. The summed E-state index contributed by atoms with van der Waals surface area (Å²) in [6.07, 6.45) is 0. The highest BCUT2D eigenvalue weighted by atomic mass is 32.2. The lowest BCUT2D eigenvalue weighted by Gasteiger charge is -2.19. The van der Waals surface area contributed by atoms with E-state index in [2.05, 4.69) is 20.5 Å². The molecule has 2 N–H and O–H groups in total. The van der Waals surface area contributed by atoms with Crippen LogP contribution < -0.4 is 5.43 Å². The number of nitrogens with zero attached hydrogens (tertiary/aromatic N) is 2. The van der Waals surface area contributed by atoms with Crippen molar-refractivity contribution < 1.29 is 9.53 Å². The molecule has 0 saturated heterocycles. The number of hydrogen-bond acceptors (Lipinski definition) is 5. The minimum absolute atomic E-state index is 0.141. The molecule has 0 bridgehead atoms. The molecule has 23 heavy (non-hydrogen) atoms. The quantitative estimate of drug-likeness (QED) is 0.832. The van der Waals surface area contributed by atoms with E-state index in [0.717, 1.165) is 27.8 Å². The first-order valence-electron chi connectivity index (χ1n) is 7.64. The fraction of sp³-hybridized carbons (Fsp3) is 0.562. The number of aromatic amines is 1. The van der Waals surface area contributed by atoms with E-state index in [1.165, 1.54) is 0 Å². The van der Waals surface area contributed by atoms with E-state index in [1.807, 2.05) is 34.6 Å². The molecule has 1 aromatic rings. The molecular formula is C16H24N4O2S. The molecule has 1 aromatic heterocycles. The van der Waals surface area contributed by atoms with Crippen LogP contribution in [0.3, 0.4) is 0 Å². The van der Waals surface area contributed by atoms with E-state index in [-0.39, 0.29) is 11.5 Å². The van der Waals surface area contributed by atoms with Gasteiger partial charge in [0.15, 0.2) is 5.17 Å². The number of nitrogens with one attached hydrogen (secondary N) is 2. The first-order valence-corrected chi connectivity index (χ1v) is 8.63. The van der Waals surface area contributed by atoms with Crippen LogP contribution in [0.4, 0.5) is 0 Å². The van der Waals surface area contributed by atoms with Gasteiger partial charge < -0.3 is 9.72 Å². The zero-order valence-corrected chi connectivity index (χ0v) is 15.3. The number of ether oxygens (including phenoxy) is 1. The number of aromatic nitrogens is 1. The zero-order valence-electron chi connectivity index (χ0n) is 14.5. The summed E-state index contributed by atoms with van der Waals surface area (Å²) in [4.78, 5) is 19.9. The van der Waals surface area contributed by atoms with Gasteiger partial charge >= 0.3 is 5.97 Å². The molecule has 0 amide bonds. The zero-order chi connectivity index (χ0) is 17.2. The summed E-state index contributed by atoms with van der Waals surface area (Å²) in [6, 6.07) is 0. The minimum Gasteiger partial charge on any atom is -0.462 e. The van der Waals surface area contributed by atoms with Gasteiger partial charge in [-0.25, -0.2) is 4.79 Å². The van der Waals surface area contributed by atoms with Gasteiger partial charge in [0.1, 0.15) is 0 Å². The summed E-state index contributed by atoms with van der Waals surface area (Å²) in [5, 5.41) is 5.23. The molecule has 0 aliphatic carbocycles. The van der Waals surface area contributed by atoms with E-state index in [1.54, 1.807) is 18.7 Å². The molecule has 0 unspecified atom stereocenters. The average molecular weight is 336 g/mol. The fourth-order valence-electron chi connectivity index (χ4n) is 2.35. The lowest BCUT2D eigenvalue weighted by atomic mass is 10.1. The number of amidine groups is 1. The van der Waals surface area contributed by atoms with Crippen LogP contribution in [-0.4, -0.2) is 39.7 Å². The molecule has 0 radical (unpaired) electrons. The van der Waals surface area contributed by atoms with Crippen LogP contribution >= 0.6 is 11.8 Å². The number of esters is 1. The molecule has 0 aromatic carbocycles. The molecule has 0 saturated carbocycles. The Labute approximate surface area is 141 Å². The van der Waals surface area contributed by atoms with Crippen molar-refractivity contribution in [1.82, 2.24) is 10.4 Å². The van der Waals surface area contributed by atoms with Gasteiger partial charge in [-0.05, 0) is 47.1 Å². The minimum atomic E-state index is -0.294. The van der Waals surface area contributed by atoms with Crippen molar-refractivity contribution in [2.24, 2.45) is 10.1 Å². The van der Waals surface area contributed by atoms with Crippen LogP contribution in [0.1, 0.15) is 55.0 Å².